The van der Waals surface area contributed by atoms with E-state index < -0.39 is 35.6 Å². The van der Waals surface area contributed by atoms with Crippen LogP contribution in [0.5, 0.6) is 0 Å². The van der Waals surface area contributed by atoms with Crippen molar-refractivity contribution in [3.63, 3.8) is 0 Å². The first-order chi connectivity index (χ1) is 16.7. The Kier molecular flexibility index (Phi) is 12.6. The van der Waals surface area contributed by atoms with Gasteiger partial charge in [0.2, 0.25) is 0 Å². The molecule has 6 atom stereocenters. The number of cyclic esters (lactones) is 1. The van der Waals surface area contributed by atoms with Crippen molar-refractivity contribution in [3.05, 3.63) is 47.4 Å². The SMILES string of the molecule is CCC(C)O/C=C(N)/C=C(\C)[C@@H]1C/C=C(/C)C/C=C/[C@H](C)[C@H](O)[C@@H](C)C(=O)C(C)(C)[C@@H](O)CC(=O)O1. The fourth-order valence-corrected chi connectivity index (χ4v) is 3.96. The number of hydrogen-bond acceptors (Lipinski definition) is 7. The fraction of sp³-hybridized carbons (Fsp3) is 0.655. The highest BCUT2D eigenvalue weighted by molar-refractivity contribution is 5.88. The molecule has 1 aliphatic rings. The molecule has 204 valence electrons. The van der Waals surface area contributed by atoms with Gasteiger partial charge in [0.1, 0.15) is 18.1 Å². The molecular formula is C29H47NO6. The van der Waals surface area contributed by atoms with Crippen molar-refractivity contribution in [1.29, 1.82) is 0 Å². The molecule has 0 saturated heterocycles. The second-order valence-corrected chi connectivity index (χ2v) is 10.7. The standard InChI is InChI=1S/C29H47NO6/c1-9-21(5)35-17-23(30)15-20(4)24-14-13-18(2)11-10-12-19(3)27(33)22(6)28(34)29(7,8)25(31)16-26(32)36-24/h10,12-13,15,17,19,21-22,24-25,27,31,33H,9,11,14,16,30H2,1-8H3/b12-10+,18-13-,20-15+,23-17-/t19-,21?,22+,24-,25-,27-/m0/s1. The molecule has 1 heterocycles. The highest BCUT2D eigenvalue weighted by atomic mass is 16.5. The minimum atomic E-state index is -1.26. The summed E-state index contributed by atoms with van der Waals surface area (Å²) in [5.74, 6) is -1.86. The third-order valence-electron chi connectivity index (χ3n) is 7.04. The van der Waals surface area contributed by atoms with Gasteiger partial charge in [0.05, 0.1) is 35.8 Å². The summed E-state index contributed by atoms with van der Waals surface area (Å²) >= 11 is 0. The number of carbonyl (C=O) groups is 2. The topological polar surface area (TPSA) is 119 Å². The van der Waals surface area contributed by atoms with E-state index in [9.17, 15) is 19.8 Å². The van der Waals surface area contributed by atoms with E-state index in [1.54, 1.807) is 26.8 Å². The number of Topliss-reactive ketones (excluding diaryl/α,β-unsaturated/α-hetero) is 1. The number of aliphatic hydroxyl groups excluding tert-OH is 2. The highest BCUT2D eigenvalue weighted by Crippen LogP contribution is 2.31. The van der Waals surface area contributed by atoms with Gasteiger partial charge in [-0.05, 0) is 45.3 Å². The van der Waals surface area contributed by atoms with E-state index in [1.807, 2.05) is 52.8 Å². The molecule has 7 heteroatoms. The first-order valence-electron chi connectivity index (χ1n) is 12.9. The van der Waals surface area contributed by atoms with Crippen LogP contribution in [0.1, 0.15) is 81.1 Å². The molecule has 0 aromatic rings. The number of aliphatic hydroxyl groups is 2. The molecule has 1 aliphatic heterocycles. The predicted molar refractivity (Wildman–Crippen MR) is 143 cm³/mol. The van der Waals surface area contributed by atoms with E-state index in [4.69, 9.17) is 15.2 Å². The maximum absolute atomic E-state index is 13.2. The highest BCUT2D eigenvalue weighted by Gasteiger charge is 2.42. The van der Waals surface area contributed by atoms with E-state index in [0.29, 0.717) is 18.5 Å². The summed E-state index contributed by atoms with van der Waals surface area (Å²) < 4.78 is 11.3. The van der Waals surface area contributed by atoms with Gasteiger partial charge in [0.15, 0.2) is 0 Å². The lowest BCUT2D eigenvalue weighted by molar-refractivity contribution is -0.154. The maximum Gasteiger partial charge on any atom is 0.309 e. The number of carbonyl (C=O) groups excluding carboxylic acids is 2. The van der Waals surface area contributed by atoms with Crippen molar-refractivity contribution >= 4 is 11.8 Å². The molecule has 4 N–H and O–H groups in total. The van der Waals surface area contributed by atoms with Crippen LogP contribution >= 0.6 is 0 Å². The largest absolute Gasteiger partial charge is 0.496 e. The minimum absolute atomic E-state index is 0.0375. The average Bonchev–Trinajstić information content (AvgIpc) is 2.82. The third-order valence-corrected chi connectivity index (χ3v) is 7.04. The number of nitrogens with two attached hydrogens (primary N) is 1. The second-order valence-electron chi connectivity index (χ2n) is 10.7. The number of ether oxygens (including phenoxy) is 2. The molecule has 1 rings (SSSR count). The Balaban J connectivity index is 3.29. The van der Waals surface area contributed by atoms with E-state index in [0.717, 1.165) is 17.6 Å². The molecular weight excluding hydrogens is 458 g/mol. The number of allylic oxidation sites excluding steroid dienone is 3. The Morgan fingerprint density at radius 1 is 1.31 bits per heavy atom. The molecule has 0 spiro atoms. The average molecular weight is 506 g/mol. The summed E-state index contributed by atoms with van der Waals surface area (Å²) in [6.07, 6.45) is 7.99. The zero-order valence-electron chi connectivity index (χ0n) is 23.3. The first kappa shape index (κ1) is 31.6. The summed E-state index contributed by atoms with van der Waals surface area (Å²) in [6.45, 7) is 14.5. The van der Waals surface area contributed by atoms with Crippen molar-refractivity contribution in [2.24, 2.45) is 23.0 Å². The van der Waals surface area contributed by atoms with Gasteiger partial charge in [-0.15, -0.1) is 0 Å². The van der Waals surface area contributed by atoms with Crippen molar-refractivity contribution in [3.8, 4) is 0 Å². The molecule has 0 saturated carbocycles. The van der Waals surface area contributed by atoms with Crippen LogP contribution in [0.4, 0.5) is 0 Å². The van der Waals surface area contributed by atoms with E-state index in [-0.39, 0.29) is 24.2 Å². The zero-order valence-corrected chi connectivity index (χ0v) is 23.3. The van der Waals surface area contributed by atoms with Gasteiger partial charge in [-0.25, -0.2) is 0 Å². The van der Waals surface area contributed by atoms with Crippen LogP contribution in [0.3, 0.4) is 0 Å². The third kappa shape index (κ3) is 9.58. The molecule has 0 fully saturated rings. The molecule has 36 heavy (non-hydrogen) atoms. The van der Waals surface area contributed by atoms with Crippen LogP contribution in [0.2, 0.25) is 0 Å². The van der Waals surface area contributed by atoms with Gasteiger partial charge in [-0.1, -0.05) is 58.4 Å². The summed E-state index contributed by atoms with van der Waals surface area (Å²) in [5, 5.41) is 21.6. The van der Waals surface area contributed by atoms with E-state index in [2.05, 4.69) is 0 Å². The maximum atomic E-state index is 13.2. The summed E-state index contributed by atoms with van der Waals surface area (Å²) in [6, 6.07) is 0. The van der Waals surface area contributed by atoms with Gasteiger partial charge in [0.25, 0.3) is 0 Å². The van der Waals surface area contributed by atoms with Gasteiger partial charge in [-0.2, -0.15) is 0 Å². The number of rotatable bonds is 5. The Bertz CT molecular complexity index is 869. The lowest BCUT2D eigenvalue weighted by Crippen LogP contribution is -2.45. The fourth-order valence-electron chi connectivity index (χ4n) is 3.96. The van der Waals surface area contributed by atoms with E-state index in [1.165, 1.54) is 6.26 Å². The lowest BCUT2D eigenvalue weighted by atomic mass is 9.73. The summed E-state index contributed by atoms with van der Waals surface area (Å²) in [4.78, 5) is 26.0. The van der Waals surface area contributed by atoms with Crippen LogP contribution in [0.15, 0.2) is 47.4 Å². The van der Waals surface area contributed by atoms with E-state index >= 15 is 0 Å². The predicted octanol–water partition coefficient (Wildman–Crippen LogP) is 4.74. The monoisotopic (exact) mass is 505 g/mol. The second kappa shape index (κ2) is 14.4. The normalized spacial score (nSPS) is 32.7. The lowest BCUT2D eigenvalue weighted by Gasteiger charge is -2.34. The Morgan fingerprint density at radius 2 is 1.94 bits per heavy atom. The molecule has 0 aromatic carbocycles. The minimum Gasteiger partial charge on any atom is -0.496 e. The first-order valence-corrected chi connectivity index (χ1v) is 12.9. The smallest absolute Gasteiger partial charge is 0.309 e. The molecule has 7 nitrogen and oxygen atoms in total. The summed E-state index contributed by atoms with van der Waals surface area (Å²) in [5.41, 5.74) is 7.07. The van der Waals surface area contributed by atoms with Crippen molar-refractivity contribution in [2.45, 2.75) is 105 Å². The van der Waals surface area contributed by atoms with Gasteiger partial charge < -0.3 is 25.4 Å². The molecule has 0 aliphatic carbocycles. The molecule has 0 amide bonds. The van der Waals surface area contributed by atoms with Crippen molar-refractivity contribution in [1.82, 2.24) is 0 Å². The van der Waals surface area contributed by atoms with Crippen molar-refractivity contribution in [2.75, 3.05) is 0 Å². The van der Waals surface area contributed by atoms with Crippen LogP contribution in [-0.4, -0.2) is 46.4 Å². The Labute approximate surface area is 217 Å². The van der Waals surface area contributed by atoms with Gasteiger partial charge in [0, 0.05) is 18.3 Å². The number of hydrogen-bond donors (Lipinski definition) is 3. The zero-order chi connectivity index (χ0) is 27.6. The Hall–Kier alpha value is -2.38. The van der Waals surface area contributed by atoms with Crippen LogP contribution in [0.25, 0.3) is 0 Å². The van der Waals surface area contributed by atoms with Crippen LogP contribution in [0, 0.1) is 17.3 Å². The Morgan fingerprint density at radius 3 is 2.56 bits per heavy atom. The van der Waals surface area contributed by atoms with Crippen LogP contribution < -0.4 is 5.73 Å². The molecule has 0 radical (unpaired) electrons. The number of ketones is 1. The molecule has 1 unspecified atom stereocenters. The van der Waals surface area contributed by atoms with Gasteiger partial charge in [-0.3, -0.25) is 9.59 Å². The quantitative estimate of drug-likeness (QED) is 0.214. The summed E-state index contributed by atoms with van der Waals surface area (Å²) in [7, 11) is 0. The van der Waals surface area contributed by atoms with Crippen LogP contribution in [-0.2, 0) is 19.1 Å². The number of esters is 1. The molecule has 0 bridgehead atoms. The molecule has 0 aromatic heterocycles. The van der Waals surface area contributed by atoms with Gasteiger partial charge >= 0.3 is 5.97 Å². The van der Waals surface area contributed by atoms with Crippen molar-refractivity contribution < 1.29 is 29.3 Å².